The molecule has 1 aromatic heterocycles. The van der Waals surface area contributed by atoms with Crippen molar-refractivity contribution in [1.82, 2.24) is 47.2 Å². The van der Waals surface area contributed by atoms with E-state index in [4.69, 9.17) is 74.5 Å². The second kappa shape index (κ2) is 88.1. The zero-order valence-electron chi connectivity index (χ0n) is 86.3. The first-order valence-electron chi connectivity index (χ1n) is 53.6. The Labute approximate surface area is 838 Å². The minimum Gasteiger partial charge on any atom is -0.370 e. The van der Waals surface area contributed by atoms with Gasteiger partial charge in [-0.15, -0.1) is 11.8 Å². The summed E-state index contributed by atoms with van der Waals surface area (Å²) in [5, 5.41) is 24.0. The van der Waals surface area contributed by atoms with Gasteiger partial charge in [0.15, 0.2) is 5.96 Å². The summed E-state index contributed by atoms with van der Waals surface area (Å²) in [6.45, 7) is 26.0. The van der Waals surface area contributed by atoms with Crippen LogP contribution in [0.5, 0.6) is 0 Å². The Hall–Kier alpha value is -6.83. The van der Waals surface area contributed by atoms with Gasteiger partial charge in [0.1, 0.15) is 0 Å². The number of benzene rings is 6. The molecular weight excluding hydrogens is 1710 g/mol. The number of imidazole rings is 1. The van der Waals surface area contributed by atoms with Gasteiger partial charge in [-0.25, -0.2) is 4.98 Å². The molecule has 0 bridgehead atoms. The number of nitrogens with one attached hydrogen (secondary N) is 8. The molecule has 3 unspecified atom stereocenters. The molecule has 0 radical (unpaired) electrons. The molecule has 34 N–H and O–H groups in total. The molecule has 2 heterocycles. The standard InChI is InChI=1S/C20H35N3.C18H29N5.2C18H33N3.C18H30N2.C16H27N3S.C5H14N4/c21-14-5-15-23-16-19-9-7-18(8-10-19)6-4-13-20(17-22)11-2-1-3-12-20;19-9-2-10-21-12-16-7-5-15(6-8-16)3-1-4-17(20)11-18-13-22-14-23-18;1-15(2)13-18(20)6-3-5-16-7-9-17(10-8-16)14-21-12-4-11-19;19-13-6-4-2-1-3-5-8-17-9-11-18(12-10-17)16-21-15-7-14-20;1-2-3-4-5-6-7-9-17-10-12-18(13-11-17)16-20-15-8-14-19;17-9-2-10-18-11-15-7-5-14(6-8-15)3-1-4-16-12-20-13-19-16;6-3-1-2-4-9-5(7)8/h7-10,23H,1-6,11-17,21-22H2;5-8,13-14,17,21H,1-4,9-12,19-20H2,(H,22,23);7-10,15,18,21H,3-6,11-14,19-20H2,1-2H3;9-12,21H,1-8,13-16,19-20H2;4-5,10-13,20H,2-3,6-9,14-16,19H2,1H3;5-8,16,18-19H,1-4,9-13,17H2;1-4,6H2,(H4,7,8,9)/b;;;;5-4+;;. The van der Waals surface area contributed by atoms with Crippen molar-refractivity contribution in [3.05, 3.63) is 243 Å². The van der Waals surface area contributed by atoms with E-state index in [9.17, 15) is 0 Å². The first kappa shape index (κ1) is 124. The monoisotopic (exact) mass is 1910 g/mol. The Morgan fingerprint density at radius 1 is 0.409 bits per heavy atom. The van der Waals surface area contributed by atoms with E-state index in [1.54, 1.807) is 6.33 Å². The predicted molar refractivity (Wildman–Crippen MR) is 596 cm³/mol. The average Bonchev–Trinajstić information content (AvgIpc) is 1.19. The number of nitrogens with zero attached hydrogens (tertiary/aromatic N) is 2. The lowest BCUT2D eigenvalue weighted by atomic mass is 9.71. The van der Waals surface area contributed by atoms with Crippen LogP contribution >= 0.6 is 11.8 Å². The molecule has 7 aromatic rings. The molecule has 0 amide bonds. The van der Waals surface area contributed by atoms with E-state index in [0.29, 0.717) is 30.5 Å². The van der Waals surface area contributed by atoms with Gasteiger partial charge in [-0.3, -0.25) is 4.99 Å². The zero-order valence-corrected chi connectivity index (χ0v) is 87.1. The predicted octanol–water partition coefficient (Wildman–Crippen LogP) is 15.8. The maximum Gasteiger partial charge on any atom is 0.185 e. The lowest BCUT2D eigenvalue weighted by molar-refractivity contribution is 0.178. The molecule has 2 fully saturated rings. The quantitative estimate of drug-likeness (QED) is 0.00728. The molecule has 1 aliphatic carbocycles. The largest absolute Gasteiger partial charge is 0.370 e. The van der Waals surface area contributed by atoms with Gasteiger partial charge in [-0.2, -0.15) is 0 Å². The second-order valence-corrected chi connectivity index (χ2v) is 39.1. The van der Waals surface area contributed by atoms with Crippen LogP contribution in [0.1, 0.15) is 299 Å². The first-order valence-corrected chi connectivity index (χ1v) is 54.7. The number of aromatic amines is 1. The van der Waals surface area contributed by atoms with Gasteiger partial charge in [0, 0.05) is 93.9 Å². The van der Waals surface area contributed by atoms with Gasteiger partial charge in [0.2, 0.25) is 0 Å². The Morgan fingerprint density at radius 3 is 1.10 bits per heavy atom. The van der Waals surface area contributed by atoms with Crippen molar-refractivity contribution in [1.29, 1.82) is 0 Å². The van der Waals surface area contributed by atoms with Gasteiger partial charge in [0.05, 0.1) is 6.33 Å². The fourth-order valence-corrected chi connectivity index (χ4v) is 17.6. The molecular formula is C113H201N23S. The summed E-state index contributed by atoms with van der Waals surface area (Å²) in [7, 11) is 0. The van der Waals surface area contributed by atoms with E-state index in [2.05, 4.69) is 231 Å². The fourth-order valence-electron chi connectivity index (χ4n) is 16.5. The third-order valence-corrected chi connectivity index (χ3v) is 26.0. The van der Waals surface area contributed by atoms with Gasteiger partial charge >= 0.3 is 0 Å². The third kappa shape index (κ3) is 70.5. The fraction of sp³-hybridized carbons (Fsp3) is 0.628. The molecule has 23 nitrogen and oxygen atoms in total. The Kier molecular flexibility index (Phi) is 80.0. The topological polar surface area (TPSA) is 464 Å². The van der Waals surface area contributed by atoms with Crippen molar-refractivity contribution in [3.63, 3.8) is 0 Å². The van der Waals surface area contributed by atoms with Gasteiger partial charge in [-0.1, -0.05) is 230 Å². The lowest BCUT2D eigenvalue weighted by Gasteiger charge is -2.36. The molecule has 1 saturated carbocycles. The van der Waals surface area contributed by atoms with Crippen LogP contribution in [0, 0.1) is 11.3 Å². The third-order valence-electron chi connectivity index (χ3n) is 25.0. The van der Waals surface area contributed by atoms with Gasteiger partial charge < -0.3 is 117 Å². The molecule has 24 heteroatoms. The van der Waals surface area contributed by atoms with Crippen LogP contribution in [0.15, 0.2) is 175 Å². The highest BCUT2D eigenvalue weighted by atomic mass is 32.2. The van der Waals surface area contributed by atoms with Crippen LogP contribution in [0.25, 0.3) is 0 Å². The second-order valence-electron chi connectivity index (χ2n) is 38.1. The molecule has 9 rings (SSSR count). The number of thioether (sulfide) groups is 1. The van der Waals surface area contributed by atoms with Crippen molar-refractivity contribution in [2.75, 3.05) is 116 Å². The molecule has 1 aliphatic heterocycles. The highest BCUT2D eigenvalue weighted by Crippen LogP contribution is 2.40. The van der Waals surface area contributed by atoms with E-state index in [1.165, 1.54) is 227 Å². The highest BCUT2D eigenvalue weighted by molar-refractivity contribution is 7.99. The lowest BCUT2D eigenvalue weighted by Crippen LogP contribution is -2.32. The summed E-state index contributed by atoms with van der Waals surface area (Å²) in [5.41, 5.74) is 90.4. The molecule has 0 spiro atoms. The van der Waals surface area contributed by atoms with Crippen molar-refractivity contribution in [2.24, 2.45) is 90.9 Å². The Balaban J connectivity index is 0.000000416. The maximum absolute atomic E-state index is 6.17. The number of hydrogen-bond donors (Lipinski definition) is 21. The van der Waals surface area contributed by atoms with E-state index in [0.717, 1.165) is 245 Å². The number of aryl methyl sites for hydroxylation is 6. The molecule has 137 heavy (non-hydrogen) atoms. The Morgan fingerprint density at radius 2 is 0.752 bits per heavy atom. The first-order chi connectivity index (χ1) is 67.0. The molecule has 3 atom stereocenters. The highest BCUT2D eigenvalue weighted by Gasteiger charge is 2.30. The van der Waals surface area contributed by atoms with Crippen molar-refractivity contribution < 1.29 is 0 Å². The maximum atomic E-state index is 6.17. The summed E-state index contributed by atoms with van der Waals surface area (Å²) in [6, 6.07) is 55.2. The van der Waals surface area contributed by atoms with Crippen LogP contribution in [-0.2, 0) is 84.2 Å². The van der Waals surface area contributed by atoms with Crippen LogP contribution in [0.3, 0.4) is 0 Å². The summed E-state index contributed by atoms with van der Waals surface area (Å²) in [6.07, 6.45) is 54.5. The number of unbranched alkanes of at least 4 members (excludes halogenated alkanes) is 8. The van der Waals surface area contributed by atoms with Gasteiger partial charge in [0.25, 0.3) is 0 Å². The molecule has 2 aliphatic rings. The summed E-state index contributed by atoms with van der Waals surface area (Å²) >= 11 is 2.02. The van der Waals surface area contributed by atoms with Gasteiger partial charge in [-0.05, 0) is 369 Å². The molecule has 1 saturated heterocycles. The molecule has 6 aromatic carbocycles. The van der Waals surface area contributed by atoms with Crippen LogP contribution in [-0.4, -0.2) is 150 Å². The SMILES string of the molecule is CC(C)CC(N)CCCc1ccc(CNCCCN)cc1.CCC/C=C/CCCc1ccc(CNCCCN)cc1.NCCCCCCCCc1ccc(CNCCCN)cc1.NCCCCN=C(N)N.NCCCNCc1ccc(CCCC(N)Cc2cnc[nH]2)cc1.NCCCNCc1ccc(CCCC2(CN)CCCCC2)cc1.NCCCNCc1ccc(CCCC2CSCN2)cc1. The van der Waals surface area contributed by atoms with E-state index >= 15 is 0 Å². The number of guanidine groups is 1. The number of rotatable bonds is 69. The van der Waals surface area contributed by atoms with Crippen LogP contribution in [0.4, 0.5) is 0 Å². The minimum absolute atomic E-state index is 0.159. The molecule has 774 valence electrons. The number of H-pyrrole nitrogens is 1. The minimum atomic E-state index is 0.159. The van der Waals surface area contributed by atoms with Crippen molar-refractivity contribution in [3.8, 4) is 0 Å². The van der Waals surface area contributed by atoms with Crippen LogP contribution < -0.4 is 112 Å². The number of nitrogens with two attached hydrogens (primary N) is 13. The number of aliphatic imine (C=N–C) groups is 1. The number of hydrogen-bond acceptors (Lipinski definition) is 21. The van der Waals surface area contributed by atoms with Crippen LogP contribution in [0.2, 0.25) is 0 Å². The average molecular weight is 1910 g/mol. The smallest absolute Gasteiger partial charge is 0.185 e. The summed E-state index contributed by atoms with van der Waals surface area (Å²) < 4.78 is 0. The van der Waals surface area contributed by atoms with Crippen molar-refractivity contribution >= 4 is 17.7 Å². The normalized spacial score (nSPS) is 13.6. The van der Waals surface area contributed by atoms with E-state index in [1.807, 2.05) is 18.0 Å². The zero-order chi connectivity index (χ0) is 99.0. The number of allylic oxidation sites excluding steroid dienone is 2. The van der Waals surface area contributed by atoms with Crippen molar-refractivity contribution in [2.45, 2.75) is 329 Å². The number of aromatic nitrogens is 2. The van der Waals surface area contributed by atoms with E-state index < -0.39 is 0 Å². The Bertz CT molecular complexity index is 3800. The summed E-state index contributed by atoms with van der Waals surface area (Å²) in [5.74, 6) is 3.28. The van der Waals surface area contributed by atoms with E-state index in [-0.39, 0.29) is 12.0 Å². The summed E-state index contributed by atoms with van der Waals surface area (Å²) in [4.78, 5) is 10.9.